The van der Waals surface area contributed by atoms with E-state index in [9.17, 15) is 0 Å². The molecular formula is C13H20N4O. The van der Waals surface area contributed by atoms with Crippen molar-refractivity contribution in [2.75, 3.05) is 13.7 Å². The van der Waals surface area contributed by atoms with Gasteiger partial charge in [0.25, 0.3) is 0 Å². The number of para-hydroxylation sites is 1. The number of fused-ring (bicyclic) bond motifs is 1. The molecule has 0 saturated heterocycles. The van der Waals surface area contributed by atoms with Gasteiger partial charge in [-0.25, -0.2) is 0 Å². The highest BCUT2D eigenvalue weighted by Crippen LogP contribution is 2.25. The van der Waals surface area contributed by atoms with Crippen LogP contribution in [-0.4, -0.2) is 23.5 Å². The van der Waals surface area contributed by atoms with Crippen LogP contribution in [0.2, 0.25) is 0 Å². The second-order valence-corrected chi connectivity index (χ2v) is 4.38. The summed E-state index contributed by atoms with van der Waals surface area (Å²) >= 11 is 0. The van der Waals surface area contributed by atoms with E-state index in [1.54, 1.807) is 7.11 Å². The van der Waals surface area contributed by atoms with Crippen LogP contribution in [0.15, 0.2) is 24.3 Å². The Morgan fingerprint density at radius 3 is 2.94 bits per heavy atom. The zero-order valence-electron chi connectivity index (χ0n) is 10.9. The number of nitrogens with zero attached hydrogens (tertiary/aromatic N) is 2. The third kappa shape index (κ3) is 2.53. The first-order valence-electron chi connectivity index (χ1n) is 6.14. The fourth-order valence-corrected chi connectivity index (χ4v) is 2.23. The lowest BCUT2D eigenvalue weighted by atomic mass is 10.1. The van der Waals surface area contributed by atoms with Gasteiger partial charge in [0.1, 0.15) is 0 Å². The standard InChI is InChI=1S/C13H20N4O/c1-17-12-8-4-3-6-10(12)13(16-17)11(15-14)7-5-9-18-2/h3-4,6,8,11,15H,5,7,9,14H2,1-2H3. The van der Waals surface area contributed by atoms with Crippen molar-refractivity contribution in [3.8, 4) is 0 Å². The summed E-state index contributed by atoms with van der Waals surface area (Å²) in [6.07, 6.45) is 1.86. The molecule has 0 aliphatic rings. The van der Waals surface area contributed by atoms with Gasteiger partial charge in [0.2, 0.25) is 0 Å². The lowest BCUT2D eigenvalue weighted by molar-refractivity contribution is 0.188. The fraction of sp³-hybridized carbons (Fsp3) is 0.462. The summed E-state index contributed by atoms with van der Waals surface area (Å²) < 4.78 is 6.97. The van der Waals surface area contributed by atoms with Gasteiger partial charge in [0.05, 0.1) is 17.3 Å². The minimum absolute atomic E-state index is 0.0613. The normalized spacial score (nSPS) is 13.1. The van der Waals surface area contributed by atoms with Gasteiger partial charge in [-0.1, -0.05) is 18.2 Å². The molecule has 1 atom stereocenters. The molecule has 1 heterocycles. The summed E-state index contributed by atoms with van der Waals surface area (Å²) in [6, 6.07) is 8.25. The van der Waals surface area contributed by atoms with E-state index in [1.165, 1.54) is 0 Å². The Bertz CT molecular complexity index is 509. The number of hydrogen-bond acceptors (Lipinski definition) is 4. The third-order valence-corrected chi connectivity index (χ3v) is 3.16. The van der Waals surface area contributed by atoms with Gasteiger partial charge >= 0.3 is 0 Å². The molecule has 0 bridgehead atoms. The molecule has 1 aromatic carbocycles. The topological polar surface area (TPSA) is 65.1 Å². The van der Waals surface area contributed by atoms with Crippen molar-refractivity contribution in [3.63, 3.8) is 0 Å². The van der Waals surface area contributed by atoms with Gasteiger partial charge < -0.3 is 4.74 Å². The Morgan fingerprint density at radius 2 is 2.22 bits per heavy atom. The molecule has 0 amide bonds. The number of nitrogens with two attached hydrogens (primary N) is 1. The predicted octanol–water partition coefficient (Wildman–Crippen LogP) is 1.50. The number of methoxy groups -OCH3 is 1. The van der Waals surface area contributed by atoms with Gasteiger partial charge in [-0.15, -0.1) is 0 Å². The van der Waals surface area contributed by atoms with Crippen molar-refractivity contribution in [3.05, 3.63) is 30.0 Å². The van der Waals surface area contributed by atoms with Crippen LogP contribution in [0.5, 0.6) is 0 Å². The Hall–Kier alpha value is -1.43. The van der Waals surface area contributed by atoms with Crippen molar-refractivity contribution in [2.24, 2.45) is 12.9 Å². The van der Waals surface area contributed by atoms with E-state index in [0.717, 1.165) is 36.0 Å². The summed E-state index contributed by atoms with van der Waals surface area (Å²) in [5, 5.41) is 5.73. The van der Waals surface area contributed by atoms with Crippen molar-refractivity contribution >= 4 is 10.9 Å². The van der Waals surface area contributed by atoms with Crippen LogP contribution in [0.4, 0.5) is 0 Å². The maximum Gasteiger partial charge on any atom is 0.0886 e. The Balaban J connectivity index is 2.27. The molecule has 18 heavy (non-hydrogen) atoms. The molecule has 0 spiro atoms. The number of hydrogen-bond donors (Lipinski definition) is 2. The van der Waals surface area contributed by atoms with Crippen molar-refractivity contribution in [1.82, 2.24) is 15.2 Å². The van der Waals surface area contributed by atoms with Gasteiger partial charge in [-0.05, 0) is 18.9 Å². The third-order valence-electron chi connectivity index (χ3n) is 3.16. The smallest absolute Gasteiger partial charge is 0.0886 e. The zero-order chi connectivity index (χ0) is 13.0. The highest BCUT2D eigenvalue weighted by Gasteiger charge is 2.17. The molecule has 98 valence electrons. The van der Waals surface area contributed by atoms with Crippen LogP contribution < -0.4 is 11.3 Å². The number of rotatable bonds is 6. The average molecular weight is 248 g/mol. The van der Waals surface area contributed by atoms with E-state index < -0.39 is 0 Å². The van der Waals surface area contributed by atoms with Crippen molar-refractivity contribution < 1.29 is 4.74 Å². The quantitative estimate of drug-likeness (QED) is 0.462. The molecule has 1 aromatic heterocycles. The van der Waals surface area contributed by atoms with Crippen LogP contribution >= 0.6 is 0 Å². The summed E-state index contributed by atoms with van der Waals surface area (Å²) in [7, 11) is 3.66. The highest BCUT2D eigenvalue weighted by atomic mass is 16.5. The molecule has 5 heteroatoms. The predicted molar refractivity (Wildman–Crippen MR) is 71.9 cm³/mol. The van der Waals surface area contributed by atoms with Crippen LogP contribution in [0.3, 0.4) is 0 Å². The molecule has 0 radical (unpaired) electrons. The maximum atomic E-state index is 5.65. The number of aromatic nitrogens is 2. The molecule has 5 nitrogen and oxygen atoms in total. The first-order valence-corrected chi connectivity index (χ1v) is 6.14. The molecular weight excluding hydrogens is 228 g/mol. The second kappa shape index (κ2) is 5.95. The van der Waals surface area contributed by atoms with Gasteiger partial charge in [-0.3, -0.25) is 16.0 Å². The van der Waals surface area contributed by atoms with E-state index in [4.69, 9.17) is 10.6 Å². The van der Waals surface area contributed by atoms with Gasteiger partial charge in [-0.2, -0.15) is 5.10 Å². The summed E-state index contributed by atoms with van der Waals surface area (Å²) in [5.74, 6) is 5.65. The number of hydrazine groups is 1. The minimum Gasteiger partial charge on any atom is -0.385 e. The number of aryl methyl sites for hydroxylation is 1. The summed E-state index contributed by atoms with van der Waals surface area (Å²) in [5.41, 5.74) is 4.98. The van der Waals surface area contributed by atoms with E-state index in [2.05, 4.69) is 22.7 Å². The van der Waals surface area contributed by atoms with Gasteiger partial charge in [0, 0.05) is 26.2 Å². The Labute approximate surface area is 107 Å². The number of nitrogens with one attached hydrogen (secondary N) is 1. The van der Waals surface area contributed by atoms with E-state index >= 15 is 0 Å². The van der Waals surface area contributed by atoms with Crippen LogP contribution in [0.25, 0.3) is 10.9 Å². The van der Waals surface area contributed by atoms with Gasteiger partial charge in [0.15, 0.2) is 0 Å². The monoisotopic (exact) mass is 248 g/mol. The molecule has 0 aliphatic heterocycles. The largest absolute Gasteiger partial charge is 0.385 e. The van der Waals surface area contributed by atoms with E-state index in [0.29, 0.717) is 0 Å². The second-order valence-electron chi connectivity index (χ2n) is 4.38. The average Bonchev–Trinajstić information content (AvgIpc) is 2.73. The lowest BCUT2D eigenvalue weighted by Gasteiger charge is -2.13. The van der Waals surface area contributed by atoms with Crippen LogP contribution in [0, 0.1) is 0 Å². The number of ether oxygens (including phenoxy) is 1. The Morgan fingerprint density at radius 1 is 1.44 bits per heavy atom. The highest BCUT2D eigenvalue weighted by molar-refractivity contribution is 5.82. The molecule has 1 unspecified atom stereocenters. The Kier molecular flexibility index (Phi) is 4.30. The molecule has 0 aliphatic carbocycles. The minimum atomic E-state index is 0.0613. The SMILES string of the molecule is COCCCC(NN)c1nn(C)c2ccccc12. The van der Waals surface area contributed by atoms with E-state index in [1.807, 2.05) is 23.9 Å². The molecule has 0 saturated carbocycles. The lowest BCUT2D eigenvalue weighted by Crippen LogP contribution is -2.28. The van der Waals surface area contributed by atoms with Crippen LogP contribution in [-0.2, 0) is 11.8 Å². The van der Waals surface area contributed by atoms with Crippen molar-refractivity contribution in [1.29, 1.82) is 0 Å². The first-order chi connectivity index (χ1) is 8.77. The molecule has 0 fully saturated rings. The van der Waals surface area contributed by atoms with E-state index in [-0.39, 0.29) is 6.04 Å². The molecule has 2 aromatic rings. The maximum absolute atomic E-state index is 5.65. The summed E-state index contributed by atoms with van der Waals surface area (Å²) in [4.78, 5) is 0. The number of benzene rings is 1. The van der Waals surface area contributed by atoms with Crippen molar-refractivity contribution in [2.45, 2.75) is 18.9 Å². The fourth-order valence-electron chi connectivity index (χ4n) is 2.23. The molecule has 2 rings (SSSR count). The first kappa shape index (κ1) is 13.0. The summed E-state index contributed by atoms with van der Waals surface area (Å²) in [6.45, 7) is 0.739. The zero-order valence-corrected chi connectivity index (χ0v) is 10.9. The van der Waals surface area contributed by atoms with Crippen LogP contribution in [0.1, 0.15) is 24.6 Å². The molecule has 3 N–H and O–H groups in total.